The van der Waals surface area contributed by atoms with Gasteiger partial charge in [0.05, 0.1) is 16.3 Å². The molecule has 27 heavy (non-hydrogen) atoms. The second kappa shape index (κ2) is 7.67. The third kappa shape index (κ3) is 3.88. The van der Waals surface area contributed by atoms with Crippen molar-refractivity contribution in [3.8, 4) is 11.5 Å². The Labute approximate surface area is 156 Å². The molecule has 0 saturated carbocycles. The lowest BCUT2D eigenvalue weighted by Crippen LogP contribution is -2.16. The van der Waals surface area contributed by atoms with E-state index in [1.165, 1.54) is 12.1 Å². The van der Waals surface area contributed by atoms with E-state index in [1.807, 2.05) is 0 Å². The molecule has 0 saturated heterocycles. The van der Waals surface area contributed by atoms with Gasteiger partial charge in [0, 0.05) is 0 Å². The van der Waals surface area contributed by atoms with Crippen molar-refractivity contribution < 1.29 is 27.1 Å². The molecule has 1 amide bonds. The zero-order valence-electron chi connectivity index (χ0n) is 13.4. The van der Waals surface area contributed by atoms with E-state index in [2.05, 4.69) is 5.32 Å². The van der Waals surface area contributed by atoms with Gasteiger partial charge >= 0.3 is 0 Å². The number of anilines is 1. The average Bonchev–Trinajstić information content (AvgIpc) is 2.66. The van der Waals surface area contributed by atoms with E-state index in [0.717, 1.165) is 0 Å². The van der Waals surface area contributed by atoms with Crippen LogP contribution in [-0.2, 0) is 0 Å². The van der Waals surface area contributed by atoms with Crippen LogP contribution in [0.4, 0.5) is 23.2 Å². The Morgan fingerprint density at radius 2 is 1.48 bits per heavy atom. The molecule has 0 aliphatic rings. The van der Waals surface area contributed by atoms with E-state index in [1.54, 1.807) is 36.4 Å². The summed E-state index contributed by atoms with van der Waals surface area (Å²) in [4.78, 5) is 12.2. The highest BCUT2D eigenvalue weighted by Crippen LogP contribution is 2.33. The molecule has 0 spiro atoms. The Hall–Kier alpha value is -3.06. The number of rotatable bonds is 4. The van der Waals surface area contributed by atoms with Gasteiger partial charge in [-0.1, -0.05) is 35.9 Å². The fourth-order valence-corrected chi connectivity index (χ4v) is 2.41. The molecule has 0 aromatic heterocycles. The Balaban J connectivity index is 1.91. The number of carbonyl (C=O) groups excluding carboxylic acids is 1. The summed E-state index contributed by atoms with van der Waals surface area (Å²) in [6, 6.07) is 12.9. The lowest BCUT2D eigenvalue weighted by molar-refractivity contribution is 0.102. The van der Waals surface area contributed by atoms with Gasteiger partial charge in [0.2, 0.25) is 0 Å². The molecule has 0 aliphatic carbocycles. The Morgan fingerprint density at radius 1 is 0.852 bits per heavy atom. The topological polar surface area (TPSA) is 38.3 Å². The van der Waals surface area contributed by atoms with Gasteiger partial charge in [-0.15, -0.1) is 0 Å². The molecule has 3 aromatic carbocycles. The van der Waals surface area contributed by atoms with Crippen molar-refractivity contribution in [1.82, 2.24) is 0 Å². The first-order valence-corrected chi connectivity index (χ1v) is 7.92. The van der Waals surface area contributed by atoms with Gasteiger partial charge in [0.25, 0.3) is 5.91 Å². The highest BCUT2D eigenvalue weighted by Gasteiger charge is 2.23. The molecule has 3 nitrogen and oxygen atoms in total. The predicted molar refractivity (Wildman–Crippen MR) is 92.2 cm³/mol. The molecule has 0 radical (unpaired) electrons. The van der Waals surface area contributed by atoms with E-state index in [-0.39, 0.29) is 17.5 Å². The summed E-state index contributed by atoms with van der Waals surface area (Å²) in [5, 5.41) is 2.59. The number of nitrogens with one attached hydrogen (secondary N) is 1. The number of amides is 1. The van der Waals surface area contributed by atoms with Gasteiger partial charge in [-0.3, -0.25) is 4.79 Å². The fraction of sp³-hybridized carbons (Fsp3) is 0. The number of halogens is 5. The average molecular weight is 396 g/mol. The molecule has 0 fully saturated rings. The van der Waals surface area contributed by atoms with Crippen LogP contribution in [0.2, 0.25) is 5.02 Å². The van der Waals surface area contributed by atoms with Crippen molar-refractivity contribution in [2.24, 2.45) is 0 Å². The summed E-state index contributed by atoms with van der Waals surface area (Å²) in [5.74, 6) is -8.27. The summed E-state index contributed by atoms with van der Waals surface area (Å²) >= 11 is 6.02. The highest BCUT2D eigenvalue weighted by atomic mass is 35.5. The quantitative estimate of drug-likeness (QED) is 0.337. The van der Waals surface area contributed by atoms with Crippen LogP contribution in [0.15, 0.2) is 54.6 Å². The van der Waals surface area contributed by atoms with Crippen LogP contribution in [0.1, 0.15) is 10.4 Å². The largest absolute Gasteiger partial charge is 0.454 e. The van der Waals surface area contributed by atoms with Crippen molar-refractivity contribution in [3.63, 3.8) is 0 Å². The van der Waals surface area contributed by atoms with Crippen LogP contribution >= 0.6 is 11.6 Å². The molecule has 0 heterocycles. The molecule has 8 heteroatoms. The van der Waals surface area contributed by atoms with Gasteiger partial charge in [-0.2, -0.15) is 0 Å². The molecule has 1 N–H and O–H groups in total. The van der Waals surface area contributed by atoms with Crippen LogP contribution in [0.25, 0.3) is 0 Å². The number of carbonyl (C=O) groups is 1. The van der Waals surface area contributed by atoms with E-state index in [4.69, 9.17) is 16.3 Å². The molecule has 0 aliphatic heterocycles. The second-order valence-corrected chi connectivity index (χ2v) is 5.74. The molecular formula is C19H10ClF4NO2. The molecule has 0 unspecified atom stereocenters. The van der Waals surface area contributed by atoms with Gasteiger partial charge < -0.3 is 10.1 Å². The fourth-order valence-electron chi connectivity index (χ4n) is 2.23. The summed E-state index contributed by atoms with van der Waals surface area (Å²) < 4.78 is 59.2. The van der Waals surface area contributed by atoms with E-state index >= 15 is 0 Å². The Kier molecular flexibility index (Phi) is 5.32. The van der Waals surface area contributed by atoms with E-state index < -0.39 is 34.7 Å². The number of ether oxygens (including phenoxy) is 1. The van der Waals surface area contributed by atoms with E-state index in [0.29, 0.717) is 10.8 Å². The minimum atomic E-state index is -2.07. The Bertz CT molecular complexity index is 1030. The lowest BCUT2D eigenvalue weighted by Gasteiger charge is -2.13. The van der Waals surface area contributed by atoms with Crippen molar-refractivity contribution in [1.29, 1.82) is 0 Å². The zero-order chi connectivity index (χ0) is 19.6. The maximum atomic E-state index is 13.8. The first-order chi connectivity index (χ1) is 12.9. The summed E-state index contributed by atoms with van der Waals surface area (Å²) in [6.07, 6.45) is 0. The summed E-state index contributed by atoms with van der Waals surface area (Å²) in [7, 11) is 0. The zero-order valence-corrected chi connectivity index (χ0v) is 14.2. The van der Waals surface area contributed by atoms with Crippen LogP contribution < -0.4 is 10.1 Å². The summed E-state index contributed by atoms with van der Waals surface area (Å²) in [5.41, 5.74) is -0.897. The van der Waals surface area contributed by atoms with Crippen molar-refractivity contribution in [2.45, 2.75) is 0 Å². The molecule has 0 atom stereocenters. The second-order valence-electron chi connectivity index (χ2n) is 5.33. The van der Waals surface area contributed by atoms with Crippen LogP contribution in [0.3, 0.4) is 0 Å². The van der Waals surface area contributed by atoms with Gasteiger partial charge in [0.15, 0.2) is 29.0 Å². The Morgan fingerprint density at radius 3 is 2.19 bits per heavy atom. The molecule has 3 rings (SSSR count). The molecule has 3 aromatic rings. The van der Waals surface area contributed by atoms with Crippen LogP contribution in [0.5, 0.6) is 11.5 Å². The van der Waals surface area contributed by atoms with Crippen LogP contribution in [-0.4, -0.2) is 5.91 Å². The van der Waals surface area contributed by atoms with Crippen molar-refractivity contribution >= 4 is 23.2 Å². The predicted octanol–water partition coefficient (Wildman–Crippen LogP) is 5.94. The van der Waals surface area contributed by atoms with Gasteiger partial charge in [-0.25, -0.2) is 17.6 Å². The number of hydrogen-bond donors (Lipinski definition) is 1. The van der Waals surface area contributed by atoms with E-state index in [9.17, 15) is 22.4 Å². The molecule has 138 valence electrons. The monoisotopic (exact) mass is 395 g/mol. The van der Waals surface area contributed by atoms with Gasteiger partial charge in [-0.05, 0) is 30.3 Å². The van der Waals surface area contributed by atoms with Crippen molar-refractivity contribution in [2.75, 3.05) is 5.32 Å². The SMILES string of the molecule is O=C(Nc1ccccc1Oc1ccccc1Cl)c1cc(F)c(F)c(F)c1F. The summed E-state index contributed by atoms with van der Waals surface area (Å²) in [6.45, 7) is 0. The lowest BCUT2D eigenvalue weighted by atomic mass is 10.1. The minimum absolute atomic E-state index is 0.0898. The maximum Gasteiger partial charge on any atom is 0.258 e. The third-order valence-electron chi connectivity index (χ3n) is 3.54. The normalized spacial score (nSPS) is 10.6. The number of hydrogen-bond acceptors (Lipinski definition) is 2. The third-order valence-corrected chi connectivity index (χ3v) is 3.85. The smallest absolute Gasteiger partial charge is 0.258 e. The van der Waals surface area contributed by atoms with Crippen LogP contribution in [0, 0.1) is 23.3 Å². The highest BCUT2D eigenvalue weighted by molar-refractivity contribution is 6.32. The van der Waals surface area contributed by atoms with Gasteiger partial charge in [0.1, 0.15) is 5.75 Å². The standard InChI is InChI=1S/C19H10ClF4NO2/c20-11-5-1-3-7-14(11)27-15-8-4-2-6-13(15)25-19(26)10-9-12(21)17(23)18(24)16(10)22/h1-9H,(H,25,26). The maximum absolute atomic E-state index is 13.8. The first kappa shape index (κ1) is 18.7. The molecular weight excluding hydrogens is 386 g/mol. The minimum Gasteiger partial charge on any atom is -0.454 e. The molecule has 0 bridgehead atoms. The number of benzene rings is 3. The first-order valence-electron chi connectivity index (χ1n) is 7.54. The van der Waals surface area contributed by atoms with Crippen molar-refractivity contribution in [3.05, 3.63) is 88.5 Å². The number of para-hydroxylation sites is 3.